The summed E-state index contributed by atoms with van der Waals surface area (Å²) in [6, 6.07) is 17.1. The van der Waals surface area contributed by atoms with Crippen molar-refractivity contribution in [2.45, 2.75) is 33.4 Å². The quantitative estimate of drug-likeness (QED) is 0.609. The van der Waals surface area contributed by atoms with E-state index < -0.39 is 0 Å². The van der Waals surface area contributed by atoms with E-state index in [1.165, 1.54) is 24.9 Å². The van der Waals surface area contributed by atoms with Gasteiger partial charge >= 0.3 is 0 Å². The van der Waals surface area contributed by atoms with E-state index in [0.717, 1.165) is 0 Å². The van der Waals surface area contributed by atoms with Gasteiger partial charge < -0.3 is 10.2 Å². The number of carbonyl (C=O) groups is 2. The van der Waals surface area contributed by atoms with Gasteiger partial charge in [0, 0.05) is 36.2 Å². The van der Waals surface area contributed by atoms with Crippen LogP contribution in [-0.2, 0) is 6.54 Å². The minimum atomic E-state index is -0.300. The maximum absolute atomic E-state index is 12.5. The minimum absolute atomic E-state index is 0.0166. The summed E-state index contributed by atoms with van der Waals surface area (Å²) in [5.41, 5.74) is 2.74. The third-order valence-corrected chi connectivity index (χ3v) is 4.53. The van der Waals surface area contributed by atoms with Crippen molar-refractivity contribution >= 4 is 23.3 Å². The Bertz CT molecular complexity index is 968. The number of carbonyl (C=O) groups excluding carboxylic acids is 2. The molecule has 0 unspecified atom stereocenters. The van der Waals surface area contributed by atoms with Crippen LogP contribution in [0.25, 0.3) is 0 Å². The molecule has 0 aliphatic rings. The molecule has 1 aromatic heterocycles. The summed E-state index contributed by atoms with van der Waals surface area (Å²) in [5.74, 6) is 0.259. The standard InChI is InChI=1S/C23H24N4O2/c1-16(2)27(15-18-7-5-4-6-8-18)23-24-13-20(14-25-23)22(29)26-21-11-9-19(10-12-21)17(3)28/h4-14,16H,15H2,1-3H3,(H,26,29). The number of anilines is 2. The number of hydrogen-bond donors (Lipinski definition) is 1. The maximum Gasteiger partial charge on any atom is 0.258 e. The summed E-state index contributed by atoms with van der Waals surface area (Å²) in [7, 11) is 0. The van der Waals surface area contributed by atoms with E-state index in [0.29, 0.717) is 29.3 Å². The lowest BCUT2D eigenvalue weighted by Gasteiger charge is -2.26. The molecule has 0 spiro atoms. The highest BCUT2D eigenvalue weighted by Gasteiger charge is 2.15. The normalized spacial score (nSPS) is 10.6. The fourth-order valence-corrected chi connectivity index (χ4v) is 2.84. The van der Waals surface area contributed by atoms with Crippen molar-refractivity contribution in [1.82, 2.24) is 9.97 Å². The van der Waals surface area contributed by atoms with Gasteiger partial charge in [0.2, 0.25) is 5.95 Å². The highest BCUT2D eigenvalue weighted by molar-refractivity contribution is 6.04. The van der Waals surface area contributed by atoms with E-state index in [1.54, 1.807) is 24.3 Å². The van der Waals surface area contributed by atoms with Gasteiger partial charge in [0.05, 0.1) is 5.56 Å². The second-order valence-electron chi connectivity index (χ2n) is 7.07. The van der Waals surface area contributed by atoms with E-state index in [9.17, 15) is 9.59 Å². The lowest BCUT2D eigenvalue weighted by atomic mass is 10.1. The van der Waals surface area contributed by atoms with Gasteiger partial charge in [0.1, 0.15) is 0 Å². The molecule has 29 heavy (non-hydrogen) atoms. The van der Waals surface area contributed by atoms with Crippen molar-refractivity contribution in [2.75, 3.05) is 10.2 Å². The van der Waals surface area contributed by atoms with Crippen LogP contribution in [0.1, 0.15) is 47.1 Å². The van der Waals surface area contributed by atoms with Crippen LogP contribution >= 0.6 is 0 Å². The third kappa shape index (κ3) is 5.25. The first-order chi connectivity index (χ1) is 13.9. The average Bonchev–Trinajstić information content (AvgIpc) is 2.73. The average molecular weight is 388 g/mol. The Balaban J connectivity index is 1.70. The molecular formula is C23H24N4O2. The predicted molar refractivity (Wildman–Crippen MR) is 114 cm³/mol. The van der Waals surface area contributed by atoms with E-state index in [2.05, 4.69) is 46.2 Å². The van der Waals surface area contributed by atoms with Gasteiger partial charge in [-0.15, -0.1) is 0 Å². The molecule has 0 saturated carbocycles. The Labute approximate surface area is 170 Å². The number of nitrogens with zero attached hydrogens (tertiary/aromatic N) is 3. The zero-order valence-corrected chi connectivity index (χ0v) is 16.8. The zero-order valence-electron chi connectivity index (χ0n) is 16.8. The predicted octanol–water partition coefficient (Wildman–Crippen LogP) is 4.35. The smallest absolute Gasteiger partial charge is 0.258 e. The number of benzene rings is 2. The molecule has 148 valence electrons. The van der Waals surface area contributed by atoms with Crippen LogP contribution in [0.4, 0.5) is 11.6 Å². The van der Waals surface area contributed by atoms with Crippen LogP contribution < -0.4 is 10.2 Å². The second kappa shape index (κ2) is 9.10. The van der Waals surface area contributed by atoms with Gasteiger partial charge in [-0.2, -0.15) is 0 Å². The molecule has 1 amide bonds. The molecule has 6 heteroatoms. The molecule has 1 heterocycles. The Morgan fingerprint density at radius 3 is 2.10 bits per heavy atom. The Kier molecular flexibility index (Phi) is 6.34. The molecule has 3 aromatic rings. The second-order valence-corrected chi connectivity index (χ2v) is 7.07. The molecule has 0 fully saturated rings. The largest absolute Gasteiger partial charge is 0.334 e. The van der Waals surface area contributed by atoms with Crippen LogP contribution in [0.2, 0.25) is 0 Å². The molecule has 0 saturated heterocycles. The first-order valence-corrected chi connectivity index (χ1v) is 9.49. The van der Waals surface area contributed by atoms with Gasteiger partial charge in [-0.3, -0.25) is 9.59 Å². The van der Waals surface area contributed by atoms with Crippen LogP contribution in [0.15, 0.2) is 67.0 Å². The lowest BCUT2D eigenvalue weighted by Crippen LogP contribution is -2.31. The number of ketones is 1. The van der Waals surface area contributed by atoms with Crippen LogP contribution in [0, 0.1) is 0 Å². The number of Topliss-reactive ketones (excluding diaryl/α,β-unsaturated/α-hetero) is 1. The van der Waals surface area contributed by atoms with Gasteiger partial charge in [0.25, 0.3) is 5.91 Å². The number of nitrogens with one attached hydrogen (secondary N) is 1. The van der Waals surface area contributed by atoms with Crippen LogP contribution in [-0.4, -0.2) is 27.7 Å². The summed E-state index contributed by atoms with van der Waals surface area (Å²) in [5, 5.41) is 2.79. The van der Waals surface area contributed by atoms with Gasteiger partial charge in [-0.1, -0.05) is 30.3 Å². The number of hydrogen-bond acceptors (Lipinski definition) is 5. The first-order valence-electron chi connectivity index (χ1n) is 9.49. The summed E-state index contributed by atoms with van der Waals surface area (Å²) >= 11 is 0. The molecule has 0 bridgehead atoms. The zero-order chi connectivity index (χ0) is 20.8. The van der Waals surface area contributed by atoms with Crippen LogP contribution in [0.5, 0.6) is 0 Å². The molecule has 0 atom stereocenters. The summed E-state index contributed by atoms with van der Waals surface area (Å²) < 4.78 is 0. The molecule has 2 aromatic carbocycles. The number of rotatable bonds is 7. The monoisotopic (exact) mass is 388 g/mol. The summed E-state index contributed by atoms with van der Waals surface area (Å²) in [4.78, 5) is 34.7. The molecule has 0 aliphatic carbocycles. The van der Waals surface area contributed by atoms with Gasteiger partial charge in [-0.05, 0) is 50.6 Å². The Morgan fingerprint density at radius 2 is 1.55 bits per heavy atom. The molecule has 3 rings (SSSR count). The van der Waals surface area contributed by atoms with Gasteiger partial charge in [0.15, 0.2) is 5.78 Å². The van der Waals surface area contributed by atoms with E-state index >= 15 is 0 Å². The molecule has 6 nitrogen and oxygen atoms in total. The number of aromatic nitrogens is 2. The van der Waals surface area contributed by atoms with Crippen molar-refractivity contribution in [3.8, 4) is 0 Å². The Morgan fingerprint density at radius 1 is 0.931 bits per heavy atom. The van der Waals surface area contributed by atoms with Crippen molar-refractivity contribution in [1.29, 1.82) is 0 Å². The van der Waals surface area contributed by atoms with Crippen molar-refractivity contribution in [3.05, 3.63) is 83.7 Å². The third-order valence-electron chi connectivity index (χ3n) is 4.53. The highest BCUT2D eigenvalue weighted by atomic mass is 16.1. The fraction of sp³-hybridized carbons (Fsp3) is 0.217. The van der Waals surface area contributed by atoms with Crippen molar-refractivity contribution < 1.29 is 9.59 Å². The van der Waals surface area contributed by atoms with Crippen molar-refractivity contribution in [2.24, 2.45) is 0 Å². The fourth-order valence-electron chi connectivity index (χ4n) is 2.84. The van der Waals surface area contributed by atoms with Gasteiger partial charge in [-0.25, -0.2) is 9.97 Å². The lowest BCUT2D eigenvalue weighted by molar-refractivity contribution is 0.101. The topological polar surface area (TPSA) is 75.2 Å². The van der Waals surface area contributed by atoms with Crippen LogP contribution in [0.3, 0.4) is 0 Å². The Hall–Kier alpha value is -3.54. The highest BCUT2D eigenvalue weighted by Crippen LogP contribution is 2.16. The van der Waals surface area contributed by atoms with E-state index in [-0.39, 0.29) is 17.7 Å². The van der Waals surface area contributed by atoms with E-state index in [4.69, 9.17) is 0 Å². The minimum Gasteiger partial charge on any atom is -0.334 e. The maximum atomic E-state index is 12.5. The molecule has 1 N–H and O–H groups in total. The van der Waals surface area contributed by atoms with E-state index in [1.807, 2.05) is 18.2 Å². The first kappa shape index (κ1) is 20.2. The number of amides is 1. The van der Waals surface area contributed by atoms with Crippen molar-refractivity contribution in [3.63, 3.8) is 0 Å². The summed E-state index contributed by atoms with van der Waals surface area (Å²) in [6.45, 7) is 6.35. The molecular weight excluding hydrogens is 364 g/mol. The SMILES string of the molecule is CC(=O)c1ccc(NC(=O)c2cnc(N(Cc3ccccc3)C(C)C)nc2)cc1. The molecule has 0 radical (unpaired) electrons. The molecule has 0 aliphatic heterocycles. The summed E-state index contributed by atoms with van der Waals surface area (Å²) in [6.07, 6.45) is 3.06.